The number of rotatable bonds is 7. The molecule has 0 aromatic carbocycles. The van der Waals surface area contributed by atoms with E-state index in [0.29, 0.717) is 0 Å². The van der Waals surface area contributed by atoms with Gasteiger partial charge in [0.1, 0.15) is 11.9 Å². The summed E-state index contributed by atoms with van der Waals surface area (Å²) in [4.78, 5) is 6.49. The molecule has 1 unspecified atom stereocenters. The van der Waals surface area contributed by atoms with Gasteiger partial charge in [0.2, 0.25) is 0 Å². The van der Waals surface area contributed by atoms with Gasteiger partial charge in [-0.2, -0.15) is 0 Å². The summed E-state index contributed by atoms with van der Waals surface area (Å²) in [7, 11) is 4.06. The molecule has 104 valence electrons. The van der Waals surface area contributed by atoms with Crippen LogP contribution >= 0.6 is 0 Å². The predicted octanol–water partition coefficient (Wildman–Crippen LogP) is 2.45. The van der Waals surface area contributed by atoms with Crippen LogP contribution in [0.1, 0.15) is 52.0 Å². The van der Waals surface area contributed by atoms with Crippen molar-refractivity contribution in [3.8, 4) is 0 Å². The first-order valence-corrected chi connectivity index (χ1v) is 6.90. The van der Waals surface area contributed by atoms with E-state index in [0.717, 1.165) is 31.6 Å². The standard InChI is InChI=1S/C14H27N3O/c1-6-10-17-11-9-15-13(17)12(18)14(7-2,8-3)16(4)5/h9,11-12,18H,6-8,10H2,1-5H3. The van der Waals surface area contributed by atoms with Crippen molar-refractivity contribution < 1.29 is 5.11 Å². The van der Waals surface area contributed by atoms with Crippen LogP contribution in [-0.2, 0) is 6.54 Å². The number of nitrogens with zero attached hydrogens (tertiary/aromatic N) is 3. The summed E-state index contributed by atoms with van der Waals surface area (Å²) in [5.41, 5.74) is -0.239. The van der Waals surface area contributed by atoms with Crippen LogP contribution in [-0.4, -0.2) is 39.2 Å². The Hall–Kier alpha value is -0.870. The van der Waals surface area contributed by atoms with Crippen molar-refractivity contribution in [2.24, 2.45) is 0 Å². The molecule has 1 N–H and O–H groups in total. The summed E-state index contributed by atoms with van der Waals surface area (Å²) >= 11 is 0. The first-order chi connectivity index (χ1) is 8.53. The molecular weight excluding hydrogens is 226 g/mol. The first-order valence-electron chi connectivity index (χ1n) is 6.90. The van der Waals surface area contributed by atoms with Gasteiger partial charge in [-0.3, -0.25) is 0 Å². The lowest BCUT2D eigenvalue weighted by Crippen LogP contribution is -2.49. The minimum atomic E-state index is -0.552. The van der Waals surface area contributed by atoms with Crippen LogP contribution in [0, 0.1) is 0 Å². The molecule has 0 aliphatic carbocycles. The van der Waals surface area contributed by atoms with Crippen LogP contribution in [0.2, 0.25) is 0 Å². The highest BCUT2D eigenvalue weighted by atomic mass is 16.3. The first kappa shape index (κ1) is 15.2. The maximum Gasteiger partial charge on any atom is 0.139 e. The molecular formula is C14H27N3O. The van der Waals surface area contributed by atoms with E-state index in [2.05, 4.69) is 35.2 Å². The Bertz CT molecular complexity index is 356. The molecule has 0 bridgehead atoms. The van der Waals surface area contributed by atoms with Gasteiger partial charge in [-0.1, -0.05) is 20.8 Å². The zero-order valence-corrected chi connectivity index (χ0v) is 12.3. The van der Waals surface area contributed by atoms with Crippen molar-refractivity contribution in [3.05, 3.63) is 18.2 Å². The van der Waals surface area contributed by atoms with Crippen LogP contribution in [0.5, 0.6) is 0 Å². The maximum atomic E-state index is 10.8. The molecule has 1 heterocycles. The largest absolute Gasteiger partial charge is 0.383 e. The van der Waals surface area contributed by atoms with Crippen LogP contribution in [0.4, 0.5) is 0 Å². The van der Waals surface area contributed by atoms with Crippen LogP contribution in [0.3, 0.4) is 0 Å². The molecule has 0 radical (unpaired) electrons. The second kappa shape index (κ2) is 6.34. The van der Waals surface area contributed by atoms with Crippen LogP contribution < -0.4 is 0 Å². The van der Waals surface area contributed by atoms with Crippen molar-refractivity contribution in [2.45, 2.75) is 58.2 Å². The summed E-state index contributed by atoms with van der Waals surface area (Å²) in [6, 6.07) is 0. The lowest BCUT2D eigenvalue weighted by atomic mass is 9.84. The topological polar surface area (TPSA) is 41.3 Å². The number of likely N-dealkylation sites (N-methyl/N-ethyl adjacent to an activating group) is 1. The van der Waals surface area contributed by atoms with Crippen molar-refractivity contribution in [3.63, 3.8) is 0 Å². The highest BCUT2D eigenvalue weighted by Crippen LogP contribution is 2.35. The average molecular weight is 253 g/mol. The Morgan fingerprint density at radius 3 is 2.39 bits per heavy atom. The molecule has 4 nitrogen and oxygen atoms in total. The molecule has 0 spiro atoms. The monoisotopic (exact) mass is 253 g/mol. The second-order valence-corrected chi connectivity index (χ2v) is 5.09. The van der Waals surface area contributed by atoms with Crippen LogP contribution in [0.15, 0.2) is 12.4 Å². The average Bonchev–Trinajstić information content (AvgIpc) is 2.79. The highest BCUT2D eigenvalue weighted by Gasteiger charge is 2.39. The number of aliphatic hydroxyl groups is 1. The second-order valence-electron chi connectivity index (χ2n) is 5.09. The molecule has 1 aromatic rings. The molecule has 0 saturated heterocycles. The fourth-order valence-electron chi connectivity index (χ4n) is 2.75. The van der Waals surface area contributed by atoms with E-state index in [1.165, 1.54) is 0 Å². The molecule has 1 atom stereocenters. The van der Waals surface area contributed by atoms with E-state index in [1.807, 2.05) is 20.3 Å². The van der Waals surface area contributed by atoms with E-state index in [9.17, 15) is 5.11 Å². The molecule has 1 rings (SSSR count). The van der Waals surface area contributed by atoms with Gasteiger partial charge in [0.25, 0.3) is 0 Å². The van der Waals surface area contributed by atoms with E-state index >= 15 is 0 Å². The third-order valence-corrected chi connectivity index (χ3v) is 4.08. The summed E-state index contributed by atoms with van der Waals surface area (Å²) in [6.07, 6.45) is 6.02. The molecule has 4 heteroatoms. The fourth-order valence-corrected chi connectivity index (χ4v) is 2.75. The predicted molar refractivity (Wildman–Crippen MR) is 74.5 cm³/mol. The normalized spacial score (nSPS) is 14.2. The van der Waals surface area contributed by atoms with E-state index in [-0.39, 0.29) is 5.54 Å². The molecule has 0 aliphatic heterocycles. The maximum absolute atomic E-state index is 10.8. The summed E-state index contributed by atoms with van der Waals surface area (Å²) < 4.78 is 2.06. The summed E-state index contributed by atoms with van der Waals surface area (Å²) in [5.74, 6) is 0.786. The van der Waals surface area contributed by atoms with E-state index in [1.54, 1.807) is 6.20 Å². The Labute approximate surface area is 111 Å². The lowest BCUT2D eigenvalue weighted by molar-refractivity contribution is -0.0218. The molecule has 1 aromatic heterocycles. The Morgan fingerprint density at radius 2 is 1.94 bits per heavy atom. The Balaban J connectivity index is 3.09. The van der Waals surface area contributed by atoms with Gasteiger partial charge in [-0.25, -0.2) is 4.98 Å². The Kier molecular flexibility index (Phi) is 5.35. The fraction of sp³-hybridized carbons (Fsp3) is 0.786. The third-order valence-electron chi connectivity index (χ3n) is 4.08. The molecule has 18 heavy (non-hydrogen) atoms. The van der Waals surface area contributed by atoms with E-state index in [4.69, 9.17) is 0 Å². The van der Waals surface area contributed by atoms with Gasteiger partial charge in [-0.15, -0.1) is 0 Å². The van der Waals surface area contributed by atoms with Gasteiger partial charge in [0.15, 0.2) is 0 Å². The number of aliphatic hydroxyl groups excluding tert-OH is 1. The van der Waals surface area contributed by atoms with Crippen molar-refractivity contribution in [1.29, 1.82) is 0 Å². The van der Waals surface area contributed by atoms with Gasteiger partial charge in [-0.05, 0) is 33.4 Å². The van der Waals surface area contributed by atoms with Crippen molar-refractivity contribution >= 4 is 0 Å². The molecule has 0 amide bonds. The highest BCUT2D eigenvalue weighted by molar-refractivity contribution is 5.07. The Morgan fingerprint density at radius 1 is 1.33 bits per heavy atom. The molecule has 0 aliphatic rings. The lowest BCUT2D eigenvalue weighted by Gasteiger charge is -2.42. The number of aromatic nitrogens is 2. The van der Waals surface area contributed by atoms with Crippen LogP contribution in [0.25, 0.3) is 0 Å². The minimum Gasteiger partial charge on any atom is -0.383 e. The number of imidazole rings is 1. The smallest absolute Gasteiger partial charge is 0.139 e. The quantitative estimate of drug-likeness (QED) is 0.811. The zero-order valence-electron chi connectivity index (χ0n) is 12.3. The van der Waals surface area contributed by atoms with Crippen molar-refractivity contribution in [2.75, 3.05) is 14.1 Å². The van der Waals surface area contributed by atoms with Gasteiger partial charge < -0.3 is 14.6 Å². The minimum absolute atomic E-state index is 0.239. The van der Waals surface area contributed by atoms with Gasteiger partial charge in [0.05, 0.1) is 5.54 Å². The van der Waals surface area contributed by atoms with Gasteiger partial charge >= 0.3 is 0 Å². The number of hydrogen-bond acceptors (Lipinski definition) is 3. The number of hydrogen-bond donors (Lipinski definition) is 1. The third kappa shape index (κ3) is 2.59. The molecule has 0 fully saturated rings. The summed E-state index contributed by atoms with van der Waals surface area (Å²) in [6.45, 7) is 7.29. The SMILES string of the molecule is CCCn1ccnc1C(O)C(CC)(CC)N(C)C. The van der Waals surface area contributed by atoms with E-state index < -0.39 is 6.10 Å². The number of aryl methyl sites for hydroxylation is 1. The van der Waals surface area contributed by atoms with Crippen molar-refractivity contribution in [1.82, 2.24) is 14.5 Å². The molecule has 0 saturated carbocycles. The van der Waals surface area contributed by atoms with Gasteiger partial charge in [0, 0.05) is 18.9 Å². The summed E-state index contributed by atoms with van der Waals surface area (Å²) in [5, 5.41) is 10.8. The zero-order chi connectivity index (χ0) is 13.8.